The van der Waals surface area contributed by atoms with E-state index >= 15 is 0 Å². The molecular weight excluding hydrogens is 328 g/mol. The van der Waals surface area contributed by atoms with Gasteiger partial charge in [0.05, 0.1) is 11.6 Å². The summed E-state index contributed by atoms with van der Waals surface area (Å²) in [6, 6.07) is 10.7. The van der Waals surface area contributed by atoms with Crippen molar-refractivity contribution in [3.63, 3.8) is 0 Å². The summed E-state index contributed by atoms with van der Waals surface area (Å²) in [4.78, 5) is 14.1. The predicted molar refractivity (Wildman–Crippen MR) is 90.6 cm³/mol. The molecule has 1 amide bonds. The number of benzene rings is 1. The minimum absolute atomic E-state index is 0.223. The second kappa shape index (κ2) is 6.88. The van der Waals surface area contributed by atoms with Crippen LogP contribution in [0.4, 0.5) is 0 Å². The van der Waals surface area contributed by atoms with Gasteiger partial charge in [0.2, 0.25) is 0 Å². The highest BCUT2D eigenvalue weighted by atomic mass is 35.5. The molecule has 0 fully saturated rings. The lowest BCUT2D eigenvalue weighted by Crippen LogP contribution is -2.27. The van der Waals surface area contributed by atoms with Crippen LogP contribution in [-0.2, 0) is 13.1 Å². The Balaban J connectivity index is 1.77. The molecule has 0 atom stereocenters. The number of carbonyl (C=O) groups excluding carboxylic acids is 1. The van der Waals surface area contributed by atoms with E-state index in [1.807, 2.05) is 29.7 Å². The Morgan fingerprint density at radius 3 is 2.83 bits per heavy atom. The second-order valence-electron chi connectivity index (χ2n) is 5.34. The summed E-state index contributed by atoms with van der Waals surface area (Å²) in [5.41, 5.74) is 0.756. The zero-order valence-corrected chi connectivity index (χ0v) is 14.2. The van der Waals surface area contributed by atoms with Crippen molar-refractivity contribution in [3.8, 4) is 11.3 Å². The number of amides is 1. The SMILES string of the molecule is CCn1cnnc1CN(C)C(=O)c1ccc(-c2ccccc2Cl)o1. The Labute approximate surface area is 144 Å². The number of aryl methyl sites for hydroxylation is 1. The first-order valence-corrected chi connectivity index (χ1v) is 7.94. The molecular formula is C17H17ClN4O2. The van der Waals surface area contributed by atoms with Crippen LogP contribution in [0, 0.1) is 0 Å². The molecule has 6 nitrogen and oxygen atoms in total. The standard InChI is InChI=1S/C17H17ClN4O2/c1-3-22-11-19-20-16(22)10-21(2)17(23)15-9-8-14(24-15)12-6-4-5-7-13(12)18/h4-9,11H,3,10H2,1-2H3. The van der Waals surface area contributed by atoms with Crippen LogP contribution in [0.1, 0.15) is 23.3 Å². The molecule has 3 aromatic rings. The number of rotatable bonds is 5. The molecule has 1 aromatic carbocycles. The Morgan fingerprint density at radius 2 is 2.08 bits per heavy atom. The van der Waals surface area contributed by atoms with Crippen LogP contribution in [-0.4, -0.2) is 32.6 Å². The van der Waals surface area contributed by atoms with Gasteiger partial charge in [-0.1, -0.05) is 23.7 Å². The van der Waals surface area contributed by atoms with Crippen molar-refractivity contribution in [2.24, 2.45) is 0 Å². The number of aromatic nitrogens is 3. The first-order valence-electron chi connectivity index (χ1n) is 7.57. The van der Waals surface area contributed by atoms with E-state index in [1.165, 1.54) is 0 Å². The third kappa shape index (κ3) is 3.19. The molecule has 7 heteroatoms. The van der Waals surface area contributed by atoms with Crippen LogP contribution >= 0.6 is 11.6 Å². The van der Waals surface area contributed by atoms with Crippen molar-refractivity contribution in [2.75, 3.05) is 7.05 Å². The molecule has 0 radical (unpaired) electrons. The fourth-order valence-corrected chi connectivity index (χ4v) is 2.63. The van der Waals surface area contributed by atoms with Crippen LogP contribution in [0.2, 0.25) is 5.02 Å². The number of hydrogen-bond donors (Lipinski definition) is 0. The Morgan fingerprint density at radius 1 is 1.29 bits per heavy atom. The van der Waals surface area contributed by atoms with Gasteiger partial charge in [-0.15, -0.1) is 10.2 Å². The highest BCUT2D eigenvalue weighted by Crippen LogP contribution is 2.29. The van der Waals surface area contributed by atoms with E-state index in [0.29, 0.717) is 17.3 Å². The van der Waals surface area contributed by atoms with Gasteiger partial charge in [0, 0.05) is 19.2 Å². The van der Waals surface area contributed by atoms with E-state index in [0.717, 1.165) is 17.9 Å². The van der Waals surface area contributed by atoms with Crippen molar-refractivity contribution in [2.45, 2.75) is 20.0 Å². The number of hydrogen-bond acceptors (Lipinski definition) is 4. The highest BCUT2D eigenvalue weighted by Gasteiger charge is 2.19. The molecule has 2 aromatic heterocycles. The maximum absolute atomic E-state index is 12.5. The van der Waals surface area contributed by atoms with E-state index in [-0.39, 0.29) is 11.7 Å². The molecule has 0 saturated heterocycles. The van der Waals surface area contributed by atoms with Crippen molar-refractivity contribution < 1.29 is 9.21 Å². The summed E-state index contributed by atoms with van der Waals surface area (Å²) in [7, 11) is 1.70. The molecule has 2 heterocycles. The average molecular weight is 345 g/mol. The summed E-state index contributed by atoms with van der Waals surface area (Å²) in [5, 5.41) is 8.49. The molecule has 0 saturated carbocycles. The minimum Gasteiger partial charge on any atom is -0.451 e. The lowest BCUT2D eigenvalue weighted by molar-refractivity contribution is 0.0749. The van der Waals surface area contributed by atoms with Gasteiger partial charge in [0.25, 0.3) is 5.91 Å². The van der Waals surface area contributed by atoms with Crippen molar-refractivity contribution in [1.29, 1.82) is 0 Å². The summed E-state index contributed by atoms with van der Waals surface area (Å²) in [6.45, 7) is 3.10. The van der Waals surface area contributed by atoms with Gasteiger partial charge in [-0.25, -0.2) is 0 Å². The maximum atomic E-state index is 12.5. The Bertz CT molecular complexity index is 856. The zero-order valence-electron chi connectivity index (χ0n) is 13.4. The average Bonchev–Trinajstić information content (AvgIpc) is 3.23. The normalized spacial score (nSPS) is 10.8. The Hall–Kier alpha value is -2.60. The molecule has 24 heavy (non-hydrogen) atoms. The fraction of sp³-hybridized carbons (Fsp3) is 0.235. The molecule has 0 unspecified atom stereocenters. The second-order valence-corrected chi connectivity index (χ2v) is 5.75. The molecule has 124 valence electrons. The van der Waals surface area contributed by atoms with Gasteiger partial charge in [-0.3, -0.25) is 4.79 Å². The van der Waals surface area contributed by atoms with Gasteiger partial charge in [0.15, 0.2) is 11.6 Å². The first kappa shape index (κ1) is 16.3. The van der Waals surface area contributed by atoms with Crippen LogP contribution < -0.4 is 0 Å². The lowest BCUT2D eigenvalue weighted by Gasteiger charge is -2.15. The highest BCUT2D eigenvalue weighted by molar-refractivity contribution is 6.33. The van der Waals surface area contributed by atoms with Crippen LogP contribution in [0.25, 0.3) is 11.3 Å². The van der Waals surface area contributed by atoms with Crippen LogP contribution in [0.15, 0.2) is 47.1 Å². The summed E-state index contributed by atoms with van der Waals surface area (Å²) in [6.07, 6.45) is 1.65. The van der Waals surface area contributed by atoms with Crippen molar-refractivity contribution >= 4 is 17.5 Å². The molecule has 0 aliphatic rings. The van der Waals surface area contributed by atoms with E-state index in [1.54, 1.807) is 36.5 Å². The third-order valence-corrected chi connectivity index (χ3v) is 4.05. The van der Waals surface area contributed by atoms with Crippen LogP contribution in [0.3, 0.4) is 0 Å². The molecule has 0 spiro atoms. The number of carbonyl (C=O) groups is 1. The number of nitrogens with zero attached hydrogens (tertiary/aromatic N) is 4. The van der Waals surface area contributed by atoms with E-state index in [2.05, 4.69) is 10.2 Å². The molecule has 0 bridgehead atoms. The quantitative estimate of drug-likeness (QED) is 0.710. The van der Waals surface area contributed by atoms with Gasteiger partial charge in [0.1, 0.15) is 12.1 Å². The largest absolute Gasteiger partial charge is 0.451 e. The van der Waals surface area contributed by atoms with Gasteiger partial charge >= 0.3 is 0 Å². The predicted octanol–water partition coefficient (Wildman–Crippen LogP) is 3.48. The summed E-state index contributed by atoms with van der Waals surface area (Å²) in [5.74, 6) is 1.33. The van der Waals surface area contributed by atoms with Crippen molar-refractivity contribution in [1.82, 2.24) is 19.7 Å². The smallest absolute Gasteiger partial charge is 0.289 e. The third-order valence-electron chi connectivity index (χ3n) is 3.72. The number of furan rings is 1. The maximum Gasteiger partial charge on any atom is 0.289 e. The first-order chi connectivity index (χ1) is 11.6. The van der Waals surface area contributed by atoms with E-state index in [4.69, 9.17) is 16.0 Å². The van der Waals surface area contributed by atoms with Crippen LogP contribution in [0.5, 0.6) is 0 Å². The zero-order chi connectivity index (χ0) is 17.1. The van der Waals surface area contributed by atoms with E-state index < -0.39 is 0 Å². The van der Waals surface area contributed by atoms with E-state index in [9.17, 15) is 4.79 Å². The van der Waals surface area contributed by atoms with Gasteiger partial charge in [-0.05, 0) is 31.2 Å². The van der Waals surface area contributed by atoms with Gasteiger partial charge < -0.3 is 13.9 Å². The lowest BCUT2D eigenvalue weighted by atomic mass is 10.2. The van der Waals surface area contributed by atoms with Crippen molar-refractivity contribution in [3.05, 3.63) is 59.3 Å². The van der Waals surface area contributed by atoms with Gasteiger partial charge in [-0.2, -0.15) is 0 Å². The topological polar surface area (TPSA) is 64.2 Å². The fourth-order valence-electron chi connectivity index (χ4n) is 2.40. The number of halogens is 1. The Kier molecular flexibility index (Phi) is 4.66. The summed E-state index contributed by atoms with van der Waals surface area (Å²) >= 11 is 6.17. The molecule has 0 aliphatic carbocycles. The summed E-state index contributed by atoms with van der Waals surface area (Å²) < 4.78 is 7.58. The minimum atomic E-state index is -0.223. The molecule has 3 rings (SSSR count). The molecule has 0 aliphatic heterocycles. The monoisotopic (exact) mass is 344 g/mol. The molecule has 0 N–H and O–H groups in total.